The fourth-order valence-electron chi connectivity index (χ4n) is 3.10. The van der Waals surface area contributed by atoms with Gasteiger partial charge in [-0.2, -0.15) is 0 Å². The summed E-state index contributed by atoms with van der Waals surface area (Å²) in [5.41, 5.74) is 0.350. The zero-order valence-corrected chi connectivity index (χ0v) is 15.6. The van der Waals surface area contributed by atoms with Gasteiger partial charge in [0.15, 0.2) is 11.5 Å². The van der Waals surface area contributed by atoms with Crippen LogP contribution in [-0.2, 0) is 9.59 Å². The number of amides is 1. The van der Waals surface area contributed by atoms with E-state index < -0.39 is 29.3 Å². The Balaban J connectivity index is 1.98. The zero-order valence-electron chi connectivity index (χ0n) is 15.6. The van der Waals surface area contributed by atoms with Crippen molar-refractivity contribution in [3.63, 3.8) is 0 Å². The monoisotopic (exact) mass is 384 g/mol. The van der Waals surface area contributed by atoms with Gasteiger partial charge in [0.1, 0.15) is 11.6 Å². The molecule has 0 saturated heterocycles. The van der Waals surface area contributed by atoms with E-state index in [1.807, 2.05) is 19.0 Å². The number of carbonyl (C=O) groups excluding carboxylic acids is 2. The number of hydrogen-bond donors (Lipinski definition) is 1. The lowest BCUT2D eigenvalue weighted by atomic mass is 9.95. The zero-order chi connectivity index (χ0) is 20.3. The number of aliphatic hydroxyl groups is 1. The molecule has 1 aromatic heterocycles. The number of allylic oxidation sites excluding steroid dienone is 1. The van der Waals surface area contributed by atoms with Gasteiger partial charge in [0.25, 0.3) is 5.91 Å². The van der Waals surface area contributed by atoms with Gasteiger partial charge < -0.3 is 19.3 Å². The molecule has 0 fully saturated rings. The first kappa shape index (κ1) is 19.6. The summed E-state index contributed by atoms with van der Waals surface area (Å²) in [5.74, 6) is -1.82. The van der Waals surface area contributed by atoms with Crippen LogP contribution in [0.5, 0.6) is 0 Å². The molecule has 2 aromatic rings. The van der Waals surface area contributed by atoms with Crippen LogP contribution >= 0.6 is 0 Å². The van der Waals surface area contributed by atoms with E-state index >= 15 is 0 Å². The molecule has 1 unspecified atom stereocenters. The molecular weight excluding hydrogens is 363 g/mol. The third-order valence-corrected chi connectivity index (χ3v) is 4.46. The van der Waals surface area contributed by atoms with Crippen LogP contribution in [0, 0.1) is 5.82 Å². The fraction of sp³-hybridized carbons (Fsp3) is 0.238. The van der Waals surface area contributed by atoms with Crippen LogP contribution < -0.4 is 0 Å². The van der Waals surface area contributed by atoms with Crippen molar-refractivity contribution in [1.82, 2.24) is 9.80 Å². The molecule has 1 amide bonds. The molecular formula is C21H21FN2O4. The third-order valence-electron chi connectivity index (χ3n) is 4.46. The van der Waals surface area contributed by atoms with E-state index in [0.717, 1.165) is 0 Å². The van der Waals surface area contributed by atoms with Gasteiger partial charge in [-0.1, -0.05) is 12.1 Å². The van der Waals surface area contributed by atoms with Crippen molar-refractivity contribution >= 4 is 17.8 Å². The van der Waals surface area contributed by atoms with Crippen LogP contribution in [0.25, 0.3) is 6.08 Å². The van der Waals surface area contributed by atoms with E-state index in [1.165, 1.54) is 41.5 Å². The number of rotatable bonds is 7. The average Bonchev–Trinajstić information content (AvgIpc) is 3.25. The quantitative estimate of drug-likeness (QED) is 0.743. The third kappa shape index (κ3) is 4.04. The highest BCUT2D eigenvalue weighted by Gasteiger charge is 2.42. The second kappa shape index (κ2) is 8.22. The minimum atomic E-state index is -0.864. The molecule has 0 radical (unpaired) electrons. The summed E-state index contributed by atoms with van der Waals surface area (Å²) in [6.45, 7) is 0.796. The van der Waals surface area contributed by atoms with E-state index in [9.17, 15) is 19.1 Å². The maximum absolute atomic E-state index is 13.8. The van der Waals surface area contributed by atoms with Crippen molar-refractivity contribution in [2.24, 2.45) is 0 Å². The van der Waals surface area contributed by atoms with Crippen LogP contribution in [0.15, 0.2) is 64.5 Å². The van der Waals surface area contributed by atoms with Gasteiger partial charge in [-0.25, -0.2) is 4.39 Å². The highest BCUT2D eigenvalue weighted by molar-refractivity contribution is 6.14. The molecule has 1 aromatic carbocycles. The normalized spacial score (nSPS) is 17.4. The summed E-state index contributed by atoms with van der Waals surface area (Å²) in [5, 5.41) is 10.4. The Kier molecular flexibility index (Phi) is 5.75. The molecule has 2 heterocycles. The maximum atomic E-state index is 13.8. The van der Waals surface area contributed by atoms with Crippen molar-refractivity contribution < 1.29 is 23.5 Å². The second-order valence-corrected chi connectivity index (χ2v) is 6.73. The second-order valence-electron chi connectivity index (χ2n) is 6.73. The Labute approximate surface area is 162 Å². The highest BCUT2D eigenvalue weighted by atomic mass is 19.1. The molecule has 1 aliphatic heterocycles. The van der Waals surface area contributed by atoms with Gasteiger partial charge in [-0.15, -0.1) is 0 Å². The largest absolute Gasteiger partial charge is 0.503 e. The first-order valence-corrected chi connectivity index (χ1v) is 8.78. The summed E-state index contributed by atoms with van der Waals surface area (Å²) < 4.78 is 19.0. The standard InChI is InChI=1S/C21H21FN2O4/c1-23(2)10-11-24-19(14-5-3-6-15(22)13-14)18(20(26)21(24)27)17(25)9-8-16-7-4-12-28-16/h3-9,12-13,19,26H,10-11H2,1-2H3. The topological polar surface area (TPSA) is 74.0 Å². The number of benzene rings is 1. The Bertz CT molecular complexity index is 932. The molecule has 6 nitrogen and oxygen atoms in total. The van der Waals surface area contributed by atoms with Crippen molar-refractivity contribution in [2.75, 3.05) is 27.2 Å². The van der Waals surface area contributed by atoms with Gasteiger partial charge >= 0.3 is 0 Å². The van der Waals surface area contributed by atoms with E-state index in [2.05, 4.69) is 0 Å². The van der Waals surface area contributed by atoms with Crippen LogP contribution in [0.1, 0.15) is 17.4 Å². The number of aliphatic hydroxyl groups excluding tert-OH is 1. The van der Waals surface area contributed by atoms with Gasteiger partial charge in [0.05, 0.1) is 17.9 Å². The number of halogens is 1. The van der Waals surface area contributed by atoms with Crippen molar-refractivity contribution in [3.8, 4) is 0 Å². The summed E-state index contributed by atoms with van der Waals surface area (Å²) >= 11 is 0. The first-order valence-electron chi connectivity index (χ1n) is 8.78. The van der Waals surface area contributed by atoms with Crippen LogP contribution in [0.4, 0.5) is 4.39 Å². The van der Waals surface area contributed by atoms with Gasteiger partial charge in [-0.05, 0) is 56.1 Å². The van der Waals surface area contributed by atoms with Crippen molar-refractivity contribution in [3.05, 3.63) is 77.2 Å². The van der Waals surface area contributed by atoms with Crippen LogP contribution in [0.2, 0.25) is 0 Å². The lowest BCUT2D eigenvalue weighted by Crippen LogP contribution is -2.36. The Morgan fingerprint density at radius 2 is 2.11 bits per heavy atom. The smallest absolute Gasteiger partial charge is 0.290 e. The van der Waals surface area contributed by atoms with Crippen molar-refractivity contribution in [2.45, 2.75) is 6.04 Å². The number of furan rings is 1. The van der Waals surface area contributed by atoms with Gasteiger partial charge in [0, 0.05) is 13.1 Å². The molecule has 0 spiro atoms. The minimum Gasteiger partial charge on any atom is -0.503 e. The number of hydrogen-bond acceptors (Lipinski definition) is 5. The predicted octanol–water partition coefficient (Wildman–Crippen LogP) is 2.96. The molecule has 146 valence electrons. The Morgan fingerprint density at radius 1 is 1.32 bits per heavy atom. The summed E-state index contributed by atoms with van der Waals surface area (Å²) in [6.07, 6.45) is 4.16. The fourth-order valence-corrected chi connectivity index (χ4v) is 3.10. The highest BCUT2D eigenvalue weighted by Crippen LogP contribution is 2.38. The lowest BCUT2D eigenvalue weighted by molar-refractivity contribution is -0.129. The molecule has 1 aliphatic rings. The predicted molar refractivity (Wildman–Crippen MR) is 102 cm³/mol. The molecule has 0 bridgehead atoms. The van der Waals surface area contributed by atoms with E-state index in [1.54, 1.807) is 18.2 Å². The number of nitrogens with zero attached hydrogens (tertiary/aromatic N) is 2. The van der Waals surface area contributed by atoms with Crippen LogP contribution in [-0.4, -0.2) is 53.8 Å². The van der Waals surface area contributed by atoms with Gasteiger partial charge in [-0.3, -0.25) is 9.59 Å². The number of ketones is 1. The minimum absolute atomic E-state index is 0.0721. The molecule has 3 rings (SSSR count). The Morgan fingerprint density at radius 3 is 2.75 bits per heavy atom. The summed E-state index contributed by atoms with van der Waals surface area (Å²) in [6, 6.07) is 8.18. The van der Waals surface area contributed by atoms with Gasteiger partial charge in [0.2, 0.25) is 0 Å². The van der Waals surface area contributed by atoms with Crippen molar-refractivity contribution in [1.29, 1.82) is 0 Å². The number of carbonyl (C=O) groups is 2. The molecule has 1 N–H and O–H groups in total. The van der Waals surface area contributed by atoms with E-state index in [-0.39, 0.29) is 12.1 Å². The molecule has 28 heavy (non-hydrogen) atoms. The number of likely N-dealkylation sites (N-methyl/N-ethyl adjacent to an activating group) is 1. The molecule has 7 heteroatoms. The molecule has 0 aliphatic carbocycles. The SMILES string of the molecule is CN(C)CCN1C(=O)C(O)=C(C(=O)C=Cc2ccco2)C1c1cccc(F)c1. The summed E-state index contributed by atoms with van der Waals surface area (Å²) in [4.78, 5) is 28.7. The first-order chi connectivity index (χ1) is 13.4. The average molecular weight is 384 g/mol. The van der Waals surface area contributed by atoms with E-state index in [4.69, 9.17) is 4.42 Å². The Hall–Kier alpha value is -3.19. The van der Waals surface area contributed by atoms with Crippen LogP contribution in [0.3, 0.4) is 0 Å². The molecule has 1 atom stereocenters. The van der Waals surface area contributed by atoms with E-state index in [0.29, 0.717) is 17.9 Å². The lowest BCUT2D eigenvalue weighted by Gasteiger charge is -2.27. The maximum Gasteiger partial charge on any atom is 0.290 e. The molecule has 0 saturated carbocycles. The summed E-state index contributed by atoms with van der Waals surface area (Å²) in [7, 11) is 3.70.